The van der Waals surface area contributed by atoms with Crippen molar-refractivity contribution < 1.29 is 14.3 Å². The number of hydrogen-bond donors (Lipinski definition) is 4. The lowest BCUT2D eigenvalue weighted by Gasteiger charge is -2.36. The quantitative estimate of drug-likeness (QED) is 0.161. The number of aromatic amines is 1. The van der Waals surface area contributed by atoms with Gasteiger partial charge in [0.05, 0.1) is 35.6 Å². The van der Waals surface area contributed by atoms with Crippen molar-refractivity contribution in [3.8, 4) is 22.3 Å². The van der Waals surface area contributed by atoms with E-state index in [-0.39, 0.29) is 17.9 Å². The standard InChI is InChI=1S/C39H48N6O3/c1-22(2)35(44-38(47)48-4)37(46)45-17-5-6-34(45)36-42-32-12-8-25(19-33(32)43-36)27-10-9-26(24-7-11-30(40)31(41)18-24)28-20-39(21-29(27)28)15-13-23(3)14-16-39/h7-12,18-19,22-23,34-35H,5-6,13-17,20-21,40-41H2,1-4H3,(H,42,43)(H,44,47)/t23?,34?,35-,39?/m0/s1. The van der Waals surface area contributed by atoms with Crippen molar-refractivity contribution in [3.05, 3.63) is 65.5 Å². The molecule has 7 rings (SSSR count). The highest BCUT2D eigenvalue weighted by Gasteiger charge is 2.42. The molecule has 1 aromatic heterocycles. The summed E-state index contributed by atoms with van der Waals surface area (Å²) in [5, 5.41) is 2.74. The molecular formula is C39H48N6O3. The average Bonchev–Trinajstić information content (AvgIpc) is 3.82. The summed E-state index contributed by atoms with van der Waals surface area (Å²) in [6.07, 6.45) is 8.36. The zero-order chi connectivity index (χ0) is 33.7. The van der Waals surface area contributed by atoms with E-state index in [2.05, 4.69) is 53.6 Å². The van der Waals surface area contributed by atoms with Crippen LogP contribution in [0.25, 0.3) is 33.3 Å². The number of nitrogens with zero attached hydrogens (tertiary/aromatic N) is 2. The Morgan fingerprint density at radius 1 is 0.958 bits per heavy atom. The number of amides is 2. The topological polar surface area (TPSA) is 139 Å². The number of imidazole rings is 1. The number of alkyl carbamates (subject to hydrolysis) is 1. The van der Waals surface area contributed by atoms with Gasteiger partial charge in [0.2, 0.25) is 5.91 Å². The Morgan fingerprint density at radius 3 is 2.27 bits per heavy atom. The van der Waals surface area contributed by atoms with Crippen LogP contribution in [0.3, 0.4) is 0 Å². The molecule has 1 saturated carbocycles. The minimum absolute atomic E-state index is 0.0854. The number of nitrogens with two attached hydrogens (primary N) is 2. The van der Waals surface area contributed by atoms with Crippen LogP contribution in [-0.2, 0) is 22.4 Å². The number of rotatable bonds is 6. The van der Waals surface area contributed by atoms with Crippen LogP contribution in [0.4, 0.5) is 16.2 Å². The minimum atomic E-state index is -0.667. The van der Waals surface area contributed by atoms with Gasteiger partial charge in [0, 0.05) is 6.54 Å². The molecule has 4 aromatic rings. The van der Waals surface area contributed by atoms with E-state index in [1.807, 2.05) is 30.9 Å². The summed E-state index contributed by atoms with van der Waals surface area (Å²) < 4.78 is 4.80. The van der Waals surface area contributed by atoms with Crippen LogP contribution in [0.1, 0.15) is 82.3 Å². The van der Waals surface area contributed by atoms with E-state index in [1.54, 1.807) is 0 Å². The van der Waals surface area contributed by atoms with Crippen molar-refractivity contribution in [2.45, 2.75) is 84.2 Å². The molecule has 2 aliphatic carbocycles. The molecule has 1 unspecified atom stereocenters. The van der Waals surface area contributed by atoms with Gasteiger partial charge in [-0.3, -0.25) is 4.79 Å². The SMILES string of the molecule is COC(=O)N[C@H](C(=O)N1CCCC1c1nc2ccc(-c3ccc(-c4ccc(N)c(N)c4)c4c3CC3(CCC(C)CC3)C4)cc2[nH]1)C(C)C. The summed E-state index contributed by atoms with van der Waals surface area (Å²) in [4.78, 5) is 36.1. The van der Waals surface area contributed by atoms with E-state index in [0.29, 0.717) is 23.3 Å². The Bertz CT molecular complexity index is 1870. The van der Waals surface area contributed by atoms with Crippen LogP contribution >= 0.6 is 0 Å². The van der Waals surface area contributed by atoms with Crippen LogP contribution in [0.2, 0.25) is 0 Å². The van der Waals surface area contributed by atoms with Gasteiger partial charge in [-0.15, -0.1) is 0 Å². The Hall–Kier alpha value is -4.53. The number of hydrogen-bond acceptors (Lipinski definition) is 6. The van der Waals surface area contributed by atoms with Crippen molar-refractivity contribution in [1.29, 1.82) is 0 Å². The lowest BCUT2D eigenvalue weighted by atomic mass is 9.69. The third-order valence-corrected chi connectivity index (χ3v) is 11.3. The van der Waals surface area contributed by atoms with E-state index in [0.717, 1.165) is 54.0 Å². The number of nitrogen functional groups attached to an aromatic ring is 2. The number of aromatic nitrogens is 2. The van der Waals surface area contributed by atoms with E-state index in [1.165, 1.54) is 60.6 Å². The molecule has 48 heavy (non-hydrogen) atoms. The molecule has 9 heteroatoms. The normalized spacial score (nSPS) is 22.7. The lowest BCUT2D eigenvalue weighted by molar-refractivity contribution is -0.135. The molecule has 2 amide bonds. The molecule has 2 heterocycles. The Morgan fingerprint density at radius 2 is 1.62 bits per heavy atom. The van der Waals surface area contributed by atoms with Crippen molar-refractivity contribution in [2.24, 2.45) is 17.3 Å². The first-order valence-electron chi connectivity index (χ1n) is 17.5. The Balaban J connectivity index is 1.23. The molecule has 9 nitrogen and oxygen atoms in total. The van der Waals surface area contributed by atoms with Gasteiger partial charge >= 0.3 is 6.09 Å². The third kappa shape index (κ3) is 5.77. The first-order chi connectivity index (χ1) is 23.1. The molecular weight excluding hydrogens is 600 g/mol. The number of anilines is 2. The lowest BCUT2D eigenvalue weighted by Crippen LogP contribution is -2.51. The number of H-pyrrole nitrogens is 1. The molecule has 0 bridgehead atoms. The zero-order valence-electron chi connectivity index (χ0n) is 28.6. The van der Waals surface area contributed by atoms with Gasteiger partial charge in [-0.25, -0.2) is 9.78 Å². The van der Waals surface area contributed by atoms with Gasteiger partial charge in [-0.05, 0) is 113 Å². The number of ether oxygens (including phenoxy) is 1. The second-order valence-electron chi connectivity index (χ2n) is 14.9. The fraction of sp³-hybridized carbons (Fsp3) is 0.462. The summed E-state index contributed by atoms with van der Waals surface area (Å²) in [6.45, 7) is 6.87. The highest BCUT2D eigenvalue weighted by Crippen LogP contribution is 2.53. The molecule has 2 fully saturated rings. The van der Waals surface area contributed by atoms with Gasteiger partial charge in [0.15, 0.2) is 0 Å². The van der Waals surface area contributed by atoms with Crippen LogP contribution in [0.5, 0.6) is 0 Å². The maximum atomic E-state index is 13.7. The molecule has 3 aliphatic rings. The zero-order valence-corrected chi connectivity index (χ0v) is 28.6. The summed E-state index contributed by atoms with van der Waals surface area (Å²) in [5.74, 6) is 1.38. The summed E-state index contributed by atoms with van der Waals surface area (Å²) >= 11 is 0. The Labute approximate surface area is 282 Å². The molecule has 6 N–H and O–H groups in total. The molecule has 252 valence electrons. The third-order valence-electron chi connectivity index (χ3n) is 11.3. The molecule has 0 radical (unpaired) electrons. The van der Waals surface area contributed by atoms with Gasteiger partial charge in [0.25, 0.3) is 0 Å². The van der Waals surface area contributed by atoms with Gasteiger partial charge in [-0.1, -0.05) is 57.9 Å². The highest BCUT2D eigenvalue weighted by atomic mass is 16.5. The van der Waals surface area contributed by atoms with E-state index >= 15 is 0 Å². The molecule has 2 atom stereocenters. The van der Waals surface area contributed by atoms with Gasteiger partial charge in [0.1, 0.15) is 11.9 Å². The van der Waals surface area contributed by atoms with E-state index in [4.69, 9.17) is 21.2 Å². The van der Waals surface area contributed by atoms with E-state index in [9.17, 15) is 9.59 Å². The predicted molar refractivity (Wildman–Crippen MR) is 191 cm³/mol. The fourth-order valence-corrected chi connectivity index (χ4v) is 8.47. The van der Waals surface area contributed by atoms with Crippen LogP contribution in [-0.4, -0.2) is 46.6 Å². The number of carbonyl (C=O) groups is 2. The molecule has 1 saturated heterocycles. The fourth-order valence-electron chi connectivity index (χ4n) is 8.47. The predicted octanol–water partition coefficient (Wildman–Crippen LogP) is 7.40. The molecule has 1 aliphatic heterocycles. The summed E-state index contributed by atoms with van der Waals surface area (Å²) in [6, 6.07) is 16.2. The highest BCUT2D eigenvalue weighted by molar-refractivity contribution is 5.88. The van der Waals surface area contributed by atoms with E-state index < -0.39 is 12.1 Å². The van der Waals surface area contributed by atoms with Crippen molar-refractivity contribution >= 4 is 34.4 Å². The minimum Gasteiger partial charge on any atom is -0.453 e. The first-order valence-corrected chi connectivity index (χ1v) is 17.5. The maximum Gasteiger partial charge on any atom is 0.407 e. The number of fused-ring (bicyclic) bond motifs is 2. The molecule has 1 spiro atoms. The van der Waals surface area contributed by atoms with Crippen LogP contribution < -0.4 is 16.8 Å². The smallest absolute Gasteiger partial charge is 0.407 e. The van der Waals surface area contributed by atoms with Crippen molar-refractivity contribution in [3.63, 3.8) is 0 Å². The first kappa shape index (κ1) is 32.0. The average molecular weight is 649 g/mol. The number of methoxy groups -OCH3 is 1. The number of carbonyl (C=O) groups excluding carboxylic acids is 2. The number of likely N-dealkylation sites (tertiary alicyclic amines) is 1. The largest absolute Gasteiger partial charge is 0.453 e. The Kier molecular flexibility index (Phi) is 8.34. The van der Waals surface area contributed by atoms with Gasteiger partial charge in [-0.2, -0.15) is 0 Å². The second kappa shape index (κ2) is 12.5. The summed E-state index contributed by atoms with van der Waals surface area (Å²) in [5.41, 5.74) is 23.4. The van der Waals surface area contributed by atoms with Crippen molar-refractivity contribution in [1.82, 2.24) is 20.2 Å². The maximum absolute atomic E-state index is 13.7. The molecule has 3 aromatic carbocycles. The summed E-state index contributed by atoms with van der Waals surface area (Å²) in [7, 11) is 1.31. The van der Waals surface area contributed by atoms with Gasteiger partial charge < -0.3 is 31.4 Å². The van der Waals surface area contributed by atoms with Crippen LogP contribution in [0.15, 0.2) is 48.5 Å². The number of benzene rings is 3. The monoisotopic (exact) mass is 648 g/mol. The van der Waals surface area contributed by atoms with Crippen LogP contribution in [0, 0.1) is 17.3 Å². The van der Waals surface area contributed by atoms with Crippen molar-refractivity contribution in [2.75, 3.05) is 25.1 Å². The second-order valence-corrected chi connectivity index (χ2v) is 14.9. The number of nitrogens with one attached hydrogen (secondary N) is 2.